The third-order valence-corrected chi connectivity index (χ3v) is 10.3. The van der Waals surface area contributed by atoms with Crippen LogP contribution in [0.4, 0.5) is 0 Å². The molecule has 0 saturated heterocycles. The summed E-state index contributed by atoms with van der Waals surface area (Å²) in [4.78, 5) is 5.27. The van der Waals surface area contributed by atoms with Crippen molar-refractivity contribution in [2.45, 2.75) is 24.9 Å². The molecule has 0 fully saturated rings. The Morgan fingerprint density at radius 3 is 2.21 bits per heavy atom. The van der Waals surface area contributed by atoms with Crippen LogP contribution in [-0.2, 0) is 4.74 Å². The molecule has 3 aliphatic rings. The summed E-state index contributed by atoms with van der Waals surface area (Å²) in [6.45, 7) is 0. The van der Waals surface area contributed by atoms with Crippen LogP contribution in [0.3, 0.4) is 0 Å². The maximum absolute atomic E-state index is 6.80. The van der Waals surface area contributed by atoms with Crippen LogP contribution in [0.1, 0.15) is 24.5 Å². The Bertz CT molecular complexity index is 2530. The molecule has 0 spiro atoms. The van der Waals surface area contributed by atoms with Crippen LogP contribution in [0.25, 0.3) is 60.7 Å². The van der Waals surface area contributed by atoms with Gasteiger partial charge in [-0.2, -0.15) is 0 Å². The summed E-state index contributed by atoms with van der Waals surface area (Å²) in [7, 11) is 0. The topological polar surface area (TPSA) is 27.1 Å². The molecule has 3 nitrogen and oxygen atoms in total. The molecule has 5 aromatic carbocycles. The van der Waals surface area contributed by atoms with E-state index in [1.807, 2.05) is 0 Å². The molecule has 48 heavy (non-hydrogen) atoms. The normalized spacial score (nSPS) is 18.5. The minimum Gasteiger partial charge on any atom is -0.485 e. The van der Waals surface area contributed by atoms with Crippen LogP contribution >= 0.6 is 0 Å². The van der Waals surface area contributed by atoms with E-state index in [2.05, 4.69) is 162 Å². The number of ether oxygens (including phenoxy) is 1. The summed E-state index contributed by atoms with van der Waals surface area (Å²) in [5.74, 6) is 1.12. The minimum atomic E-state index is -0.0332. The average Bonchev–Trinajstić information content (AvgIpc) is 3.70. The Labute approximate surface area is 279 Å². The number of pyridine rings is 1. The fraction of sp³-hybridized carbons (Fsp3) is 0.0889. The molecule has 7 aromatic rings. The first-order chi connectivity index (χ1) is 23.8. The molecule has 2 aliphatic carbocycles. The lowest BCUT2D eigenvalue weighted by Crippen LogP contribution is -2.17. The van der Waals surface area contributed by atoms with Crippen molar-refractivity contribution >= 4 is 38.4 Å². The van der Waals surface area contributed by atoms with Gasteiger partial charge in [0.05, 0.1) is 16.6 Å². The second-order valence-electron chi connectivity index (χ2n) is 13.0. The Hall–Kier alpha value is -5.93. The Kier molecular flexibility index (Phi) is 6.13. The van der Waals surface area contributed by atoms with Gasteiger partial charge >= 0.3 is 0 Å². The molecule has 0 radical (unpaired) electrons. The molecule has 0 amide bonds. The van der Waals surface area contributed by atoms with Gasteiger partial charge in [-0.1, -0.05) is 115 Å². The highest BCUT2D eigenvalue weighted by atomic mass is 16.5. The zero-order valence-electron chi connectivity index (χ0n) is 26.4. The molecule has 0 bridgehead atoms. The molecule has 1 aliphatic heterocycles. The monoisotopic (exact) mass is 616 g/mol. The lowest BCUT2D eigenvalue weighted by Gasteiger charge is -2.24. The first-order valence-electron chi connectivity index (χ1n) is 16.8. The van der Waals surface area contributed by atoms with Gasteiger partial charge in [0.25, 0.3) is 0 Å². The Morgan fingerprint density at radius 2 is 1.35 bits per heavy atom. The third-order valence-electron chi connectivity index (χ3n) is 10.3. The van der Waals surface area contributed by atoms with E-state index >= 15 is 0 Å². The highest BCUT2D eigenvalue weighted by Crippen LogP contribution is 2.49. The number of hydrogen-bond acceptors (Lipinski definition) is 2. The Morgan fingerprint density at radius 1 is 0.625 bits per heavy atom. The maximum atomic E-state index is 6.80. The van der Waals surface area contributed by atoms with Crippen molar-refractivity contribution in [2.24, 2.45) is 0 Å². The summed E-state index contributed by atoms with van der Waals surface area (Å²) in [5.41, 5.74) is 13.3. The number of allylic oxidation sites excluding steroid dienone is 4. The van der Waals surface area contributed by atoms with E-state index in [1.54, 1.807) is 0 Å². The van der Waals surface area contributed by atoms with Crippen LogP contribution < -0.4 is 0 Å². The van der Waals surface area contributed by atoms with Crippen LogP contribution in [0.15, 0.2) is 175 Å². The second kappa shape index (κ2) is 10.8. The van der Waals surface area contributed by atoms with Gasteiger partial charge in [-0.15, -0.1) is 0 Å². The highest BCUT2D eigenvalue weighted by Gasteiger charge is 2.39. The SMILES string of the molecule is C1=CC2=C(C3=CC=C(n4c5ccccc5c5cc(-c6ccccc6)ccc54)CC3O2)C(c2cc(-c3ccccc3)c3ccccc3n2)C1. The van der Waals surface area contributed by atoms with Gasteiger partial charge in [0.2, 0.25) is 0 Å². The molecular weight excluding hydrogens is 585 g/mol. The maximum Gasteiger partial charge on any atom is 0.130 e. The van der Waals surface area contributed by atoms with Crippen molar-refractivity contribution in [3.8, 4) is 22.3 Å². The molecule has 3 heterocycles. The van der Waals surface area contributed by atoms with Gasteiger partial charge in [-0.05, 0) is 71.2 Å². The van der Waals surface area contributed by atoms with Crippen molar-refractivity contribution in [3.05, 3.63) is 180 Å². The Balaban J connectivity index is 1.07. The van der Waals surface area contributed by atoms with Gasteiger partial charge in [-0.25, -0.2) is 0 Å². The van der Waals surface area contributed by atoms with Crippen LogP contribution in [-0.4, -0.2) is 15.7 Å². The smallest absolute Gasteiger partial charge is 0.130 e. The molecule has 228 valence electrons. The summed E-state index contributed by atoms with van der Waals surface area (Å²) >= 11 is 0. The van der Waals surface area contributed by atoms with E-state index in [0.29, 0.717) is 0 Å². The summed E-state index contributed by atoms with van der Waals surface area (Å²) < 4.78 is 9.24. The van der Waals surface area contributed by atoms with E-state index in [1.165, 1.54) is 66.3 Å². The lowest BCUT2D eigenvalue weighted by molar-refractivity contribution is 0.178. The molecular formula is C45H32N2O. The fourth-order valence-electron chi connectivity index (χ4n) is 8.08. The van der Waals surface area contributed by atoms with E-state index < -0.39 is 0 Å². The molecule has 0 N–H and O–H groups in total. The van der Waals surface area contributed by atoms with Crippen molar-refractivity contribution in [3.63, 3.8) is 0 Å². The minimum absolute atomic E-state index is 0.0332. The van der Waals surface area contributed by atoms with Gasteiger partial charge < -0.3 is 9.30 Å². The number of aromatic nitrogens is 2. The molecule has 2 aromatic heterocycles. The van der Waals surface area contributed by atoms with Gasteiger partial charge in [-0.3, -0.25) is 4.98 Å². The predicted octanol–water partition coefficient (Wildman–Crippen LogP) is 11.2. The quantitative estimate of drug-likeness (QED) is 0.197. The summed E-state index contributed by atoms with van der Waals surface area (Å²) in [6, 6.07) is 47.8. The number of hydrogen-bond donors (Lipinski definition) is 0. The summed E-state index contributed by atoms with van der Waals surface area (Å²) in [6.07, 6.45) is 10.7. The number of fused-ring (bicyclic) bond motifs is 6. The molecule has 10 rings (SSSR count). The van der Waals surface area contributed by atoms with Gasteiger partial charge in [0.1, 0.15) is 11.9 Å². The largest absolute Gasteiger partial charge is 0.485 e. The third kappa shape index (κ3) is 4.24. The first-order valence-corrected chi connectivity index (χ1v) is 16.8. The van der Waals surface area contributed by atoms with Crippen molar-refractivity contribution in [1.82, 2.24) is 9.55 Å². The zero-order chi connectivity index (χ0) is 31.6. The predicted molar refractivity (Wildman–Crippen MR) is 197 cm³/mol. The standard InChI is InChI=1S/C45H32N2O/c1-3-12-29(13-4-1)31-22-25-42-38(26-31)34-17-8-10-20-41(34)47(42)32-23-24-36-44(27-32)48-43-21-11-18-35(45(36)43)40-28-37(30-14-5-2-6-15-30)33-16-7-9-19-39(33)46-40/h1-17,19-26,28,35,44H,18,27H2. The van der Waals surface area contributed by atoms with Crippen molar-refractivity contribution in [2.75, 3.05) is 0 Å². The van der Waals surface area contributed by atoms with Crippen LogP contribution in [0, 0.1) is 0 Å². The highest BCUT2D eigenvalue weighted by molar-refractivity contribution is 6.11. The molecule has 0 saturated carbocycles. The van der Waals surface area contributed by atoms with Crippen molar-refractivity contribution in [1.29, 1.82) is 0 Å². The van der Waals surface area contributed by atoms with E-state index in [4.69, 9.17) is 9.72 Å². The van der Waals surface area contributed by atoms with Gasteiger partial charge in [0, 0.05) is 51.0 Å². The average molecular weight is 617 g/mol. The number of para-hydroxylation sites is 2. The van der Waals surface area contributed by atoms with E-state index in [9.17, 15) is 0 Å². The van der Waals surface area contributed by atoms with Crippen LogP contribution in [0.5, 0.6) is 0 Å². The number of rotatable bonds is 4. The second-order valence-corrected chi connectivity index (χ2v) is 13.0. The lowest BCUT2D eigenvalue weighted by atomic mass is 9.80. The molecule has 3 heteroatoms. The van der Waals surface area contributed by atoms with Gasteiger partial charge in [0.15, 0.2) is 0 Å². The van der Waals surface area contributed by atoms with Crippen molar-refractivity contribution < 1.29 is 4.74 Å². The zero-order valence-corrected chi connectivity index (χ0v) is 26.4. The molecule has 2 atom stereocenters. The first kappa shape index (κ1) is 27.2. The fourth-order valence-corrected chi connectivity index (χ4v) is 8.08. The van der Waals surface area contributed by atoms with E-state index in [0.717, 1.165) is 29.8 Å². The van der Waals surface area contributed by atoms with E-state index in [-0.39, 0.29) is 12.0 Å². The van der Waals surface area contributed by atoms with Crippen LogP contribution in [0.2, 0.25) is 0 Å². The summed E-state index contributed by atoms with van der Waals surface area (Å²) in [5, 5.41) is 3.72. The molecule has 2 unspecified atom stereocenters. The number of benzene rings is 5. The number of nitrogens with zero attached hydrogens (tertiary/aromatic N) is 2.